The standard InChI is InChI=1S/C37H41F3O/c1-3-5-6-25-7-9-26(10-8-25)27-11-13-28(14-12-27)31-19-20-32(34(38)24-31)29-15-17-30(18-16-29)33-21-22-35(41-23-4-2)37(40)36(33)39/h3,13,15-22,24-27H,1,4-12,14,23H2,2H3. The molecular weight excluding hydrogens is 517 g/mol. The van der Waals surface area contributed by atoms with Crippen molar-refractivity contribution >= 4 is 5.57 Å². The predicted molar refractivity (Wildman–Crippen MR) is 163 cm³/mol. The highest BCUT2D eigenvalue weighted by molar-refractivity contribution is 5.74. The van der Waals surface area contributed by atoms with Crippen LogP contribution in [0.3, 0.4) is 0 Å². The van der Waals surface area contributed by atoms with Crippen molar-refractivity contribution in [3.8, 4) is 28.0 Å². The van der Waals surface area contributed by atoms with E-state index in [4.69, 9.17) is 4.74 Å². The van der Waals surface area contributed by atoms with E-state index < -0.39 is 11.6 Å². The van der Waals surface area contributed by atoms with E-state index in [9.17, 15) is 8.78 Å². The Balaban J connectivity index is 1.23. The van der Waals surface area contributed by atoms with Crippen molar-refractivity contribution in [1.29, 1.82) is 0 Å². The van der Waals surface area contributed by atoms with E-state index in [1.807, 2.05) is 25.1 Å². The molecule has 1 atom stereocenters. The summed E-state index contributed by atoms with van der Waals surface area (Å²) in [7, 11) is 0. The molecule has 1 unspecified atom stereocenters. The maximum Gasteiger partial charge on any atom is 0.201 e. The summed E-state index contributed by atoms with van der Waals surface area (Å²) in [5, 5.41) is 0. The van der Waals surface area contributed by atoms with Crippen LogP contribution in [0.25, 0.3) is 27.8 Å². The lowest BCUT2D eigenvalue weighted by Gasteiger charge is -2.35. The molecule has 41 heavy (non-hydrogen) atoms. The molecule has 0 amide bonds. The fourth-order valence-corrected chi connectivity index (χ4v) is 6.70. The topological polar surface area (TPSA) is 9.23 Å². The van der Waals surface area contributed by atoms with Gasteiger partial charge < -0.3 is 4.74 Å². The third-order valence-electron chi connectivity index (χ3n) is 9.14. The molecule has 5 rings (SSSR count). The Morgan fingerprint density at radius 3 is 2.12 bits per heavy atom. The van der Waals surface area contributed by atoms with Crippen LogP contribution in [0.5, 0.6) is 5.75 Å². The zero-order valence-electron chi connectivity index (χ0n) is 24.1. The SMILES string of the molecule is C=CCCC1CCC(C2CC=C(c3ccc(-c4ccc(-c5ccc(OCCC)c(F)c5F)cc4)c(F)c3)CC2)CC1. The Bertz CT molecular complexity index is 1370. The number of ether oxygens (including phenoxy) is 1. The van der Waals surface area contributed by atoms with E-state index in [-0.39, 0.29) is 17.1 Å². The Kier molecular flexibility index (Phi) is 9.69. The molecule has 3 aromatic carbocycles. The average molecular weight is 559 g/mol. The van der Waals surface area contributed by atoms with Gasteiger partial charge in [-0.15, -0.1) is 6.58 Å². The lowest BCUT2D eigenvalue weighted by Crippen LogP contribution is -2.23. The summed E-state index contributed by atoms with van der Waals surface area (Å²) in [5.74, 6) is 0.158. The van der Waals surface area contributed by atoms with Gasteiger partial charge in [-0.2, -0.15) is 4.39 Å². The zero-order chi connectivity index (χ0) is 28.8. The van der Waals surface area contributed by atoms with E-state index in [1.54, 1.807) is 30.3 Å². The number of rotatable bonds is 10. The van der Waals surface area contributed by atoms with E-state index >= 15 is 4.39 Å². The number of hydrogen-bond donors (Lipinski definition) is 0. The van der Waals surface area contributed by atoms with Crippen LogP contribution in [-0.4, -0.2) is 6.61 Å². The van der Waals surface area contributed by atoms with E-state index in [1.165, 1.54) is 56.2 Å². The van der Waals surface area contributed by atoms with Gasteiger partial charge in [0.15, 0.2) is 11.6 Å². The summed E-state index contributed by atoms with van der Waals surface area (Å²) in [5.41, 5.74) is 4.07. The maximum atomic E-state index is 15.3. The summed E-state index contributed by atoms with van der Waals surface area (Å²) in [6, 6.07) is 15.4. The predicted octanol–water partition coefficient (Wildman–Crippen LogP) is 11.2. The molecule has 1 saturated carbocycles. The Morgan fingerprint density at radius 1 is 0.805 bits per heavy atom. The van der Waals surface area contributed by atoms with Gasteiger partial charge in [0.25, 0.3) is 0 Å². The minimum atomic E-state index is -0.989. The van der Waals surface area contributed by atoms with Gasteiger partial charge in [0, 0.05) is 11.1 Å². The van der Waals surface area contributed by atoms with E-state index in [0.29, 0.717) is 29.7 Å². The highest BCUT2D eigenvalue weighted by Gasteiger charge is 2.28. The van der Waals surface area contributed by atoms with Gasteiger partial charge in [0.2, 0.25) is 5.82 Å². The first-order chi connectivity index (χ1) is 20.0. The van der Waals surface area contributed by atoms with Gasteiger partial charge in [0.05, 0.1) is 6.61 Å². The lowest BCUT2D eigenvalue weighted by molar-refractivity contribution is 0.190. The third-order valence-corrected chi connectivity index (χ3v) is 9.14. The average Bonchev–Trinajstić information content (AvgIpc) is 3.01. The van der Waals surface area contributed by atoms with Crippen molar-refractivity contribution < 1.29 is 17.9 Å². The van der Waals surface area contributed by atoms with Gasteiger partial charge in [-0.25, -0.2) is 8.78 Å². The van der Waals surface area contributed by atoms with Crippen LogP contribution in [-0.2, 0) is 0 Å². The van der Waals surface area contributed by atoms with Gasteiger partial charge in [-0.1, -0.05) is 68.3 Å². The number of benzene rings is 3. The molecule has 0 aromatic heterocycles. The first kappa shape index (κ1) is 29.2. The van der Waals surface area contributed by atoms with Crippen molar-refractivity contribution in [2.24, 2.45) is 17.8 Å². The maximum absolute atomic E-state index is 15.3. The first-order valence-electron chi connectivity index (χ1n) is 15.3. The minimum Gasteiger partial charge on any atom is -0.490 e. The van der Waals surface area contributed by atoms with E-state index in [2.05, 4.69) is 12.7 Å². The molecule has 1 nitrogen and oxygen atoms in total. The fraction of sp³-hybridized carbons (Fsp3) is 0.405. The molecule has 4 heteroatoms. The molecule has 0 spiro atoms. The molecule has 1 fully saturated rings. The zero-order valence-corrected chi connectivity index (χ0v) is 24.1. The Morgan fingerprint density at radius 2 is 1.49 bits per heavy atom. The highest BCUT2D eigenvalue weighted by atomic mass is 19.2. The molecule has 0 radical (unpaired) electrons. The van der Waals surface area contributed by atoms with Crippen molar-refractivity contribution in [3.05, 3.63) is 96.3 Å². The highest BCUT2D eigenvalue weighted by Crippen LogP contribution is 2.42. The van der Waals surface area contributed by atoms with Crippen molar-refractivity contribution in [2.75, 3.05) is 6.61 Å². The number of hydrogen-bond acceptors (Lipinski definition) is 1. The Hall–Kier alpha value is -3.27. The normalized spacial score (nSPS) is 20.9. The molecule has 216 valence electrons. The monoisotopic (exact) mass is 558 g/mol. The van der Waals surface area contributed by atoms with Crippen LogP contribution in [0.1, 0.15) is 76.7 Å². The first-order valence-corrected chi connectivity index (χ1v) is 15.3. The smallest absolute Gasteiger partial charge is 0.201 e. The van der Waals surface area contributed by atoms with E-state index in [0.717, 1.165) is 42.6 Å². The van der Waals surface area contributed by atoms with Crippen LogP contribution in [0.15, 0.2) is 73.3 Å². The quantitative estimate of drug-likeness (QED) is 0.225. The van der Waals surface area contributed by atoms with Crippen LogP contribution in [0, 0.1) is 35.2 Å². The molecule has 0 aliphatic heterocycles. The number of halogens is 3. The largest absolute Gasteiger partial charge is 0.490 e. The second kappa shape index (κ2) is 13.6. The lowest BCUT2D eigenvalue weighted by atomic mass is 9.70. The van der Waals surface area contributed by atoms with Crippen LogP contribution >= 0.6 is 0 Å². The second-order valence-corrected chi connectivity index (χ2v) is 11.8. The summed E-state index contributed by atoms with van der Waals surface area (Å²) < 4.78 is 49.8. The third kappa shape index (κ3) is 6.80. The fourth-order valence-electron chi connectivity index (χ4n) is 6.70. The van der Waals surface area contributed by atoms with Crippen LogP contribution in [0.4, 0.5) is 13.2 Å². The molecule has 0 N–H and O–H groups in total. The van der Waals surface area contributed by atoms with Gasteiger partial charge in [0.1, 0.15) is 5.82 Å². The molecule has 0 saturated heterocycles. The molecule has 0 heterocycles. The van der Waals surface area contributed by atoms with Gasteiger partial charge in [-0.3, -0.25) is 0 Å². The van der Waals surface area contributed by atoms with Crippen LogP contribution < -0.4 is 4.74 Å². The van der Waals surface area contributed by atoms with Gasteiger partial charge >= 0.3 is 0 Å². The van der Waals surface area contributed by atoms with Crippen LogP contribution in [0.2, 0.25) is 0 Å². The molecular formula is C37H41F3O. The molecule has 0 bridgehead atoms. The number of allylic oxidation sites excluding steroid dienone is 3. The molecule has 2 aliphatic carbocycles. The summed E-state index contributed by atoms with van der Waals surface area (Å²) in [6.45, 7) is 6.09. The summed E-state index contributed by atoms with van der Waals surface area (Å²) >= 11 is 0. The molecule has 2 aliphatic rings. The van der Waals surface area contributed by atoms with Crippen molar-refractivity contribution in [2.45, 2.75) is 71.1 Å². The second-order valence-electron chi connectivity index (χ2n) is 11.8. The molecule has 3 aromatic rings. The minimum absolute atomic E-state index is 0.0856. The van der Waals surface area contributed by atoms with Gasteiger partial charge in [-0.05, 0) is 110 Å². The van der Waals surface area contributed by atoms with Crippen molar-refractivity contribution in [3.63, 3.8) is 0 Å². The van der Waals surface area contributed by atoms with Crippen molar-refractivity contribution in [1.82, 2.24) is 0 Å². The summed E-state index contributed by atoms with van der Waals surface area (Å²) in [4.78, 5) is 0. The Labute approximate surface area is 243 Å². The summed E-state index contributed by atoms with van der Waals surface area (Å²) in [6.07, 6.45) is 16.2.